The van der Waals surface area contributed by atoms with E-state index in [0.717, 1.165) is 11.3 Å². The molecule has 0 aliphatic carbocycles. The molecular weight excluding hydrogens is 421 g/mol. The van der Waals surface area contributed by atoms with Gasteiger partial charge in [-0.1, -0.05) is 18.2 Å². The molecule has 0 heterocycles. The van der Waals surface area contributed by atoms with Crippen LogP contribution in [0.15, 0.2) is 41.5 Å². The summed E-state index contributed by atoms with van der Waals surface area (Å²) in [6.45, 7) is 2.09. The van der Waals surface area contributed by atoms with E-state index in [1.165, 1.54) is 13.3 Å². The van der Waals surface area contributed by atoms with E-state index in [1.807, 2.05) is 53.8 Å². The number of amides is 1. The van der Waals surface area contributed by atoms with Crippen LogP contribution in [0.2, 0.25) is 0 Å². The minimum atomic E-state index is -0.255. The Hall–Kier alpha value is -2.29. The average Bonchev–Trinajstić information content (AvgIpc) is 2.57. The van der Waals surface area contributed by atoms with Gasteiger partial charge >= 0.3 is 0 Å². The molecule has 0 saturated heterocycles. The molecule has 0 radical (unpaired) electrons. The Bertz CT molecular complexity index is 763. The lowest BCUT2D eigenvalue weighted by atomic mass is 10.2. The maximum absolute atomic E-state index is 11.8. The number of para-hydroxylation sites is 1. The molecule has 6 nitrogen and oxygen atoms in total. The van der Waals surface area contributed by atoms with E-state index in [9.17, 15) is 9.90 Å². The fourth-order valence-corrected chi connectivity index (χ4v) is 2.61. The quantitative estimate of drug-likeness (QED) is 0.367. The van der Waals surface area contributed by atoms with Crippen molar-refractivity contribution in [3.05, 3.63) is 51.1 Å². The van der Waals surface area contributed by atoms with Gasteiger partial charge in [0.15, 0.2) is 11.5 Å². The number of ether oxygens (including phenoxy) is 1. The molecule has 24 heavy (non-hydrogen) atoms. The number of nitrogens with one attached hydrogen (secondary N) is 2. The van der Waals surface area contributed by atoms with Crippen molar-refractivity contribution in [2.24, 2.45) is 5.10 Å². The Morgan fingerprint density at radius 2 is 2.12 bits per heavy atom. The lowest BCUT2D eigenvalue weighted by molar-refractivity contribution is -0.119. The standard InChI is InChI=1S/C17H18IN3O3/c1-11-5-3-4-6-14(11)19-10-16(22)21-20-9-12-7-13(18)17(23)15(8-12)24-2/h3-9,19,23H,10H2,1-2H3,(H,21,22)/b20-9+. The summed E-state index contributed by atoms with van der Waals surface area (Å²) < 4.78 is 5.72. The third-order valence-electron chi connectivity index (χ3n) is 3.26. The van der Waals surface area contributed by atoms with Crippen molar-refractivity contribution in [1.82, 2.24) is 5.43 Å². The molecule has 0 spiro atoms. The van der Waals surface area contributed by atoms with Crippen molar-refractivity contribution in [3.8, 4) is 11.5 Å². The minimum absolute atomic E-state index is 0.0849. The molecule has 2 rings (SSSR count). The summed E-state index contributed by atoms with van der Waals surface area (Å²) in [4.78, 5) is 11.8. The van der Waals surface area contributed by atoms with Crippen molar-refractivity contribution in [2.75, 3.05) is 19.0 Å². The van der Waals surface area contributed by atoms with Crippen molar-refractivity contribution in [1.29, 1.82) is 0 Å². The van der Waals surface area contributed by atoms with Gasteiger partial charge in [-0.05, 0) is 58.8 Å². The number of halogens is 1. The van der Waals surface area contributed by atoms with Gasteiger partial charge in [-0.15, -0.1) is 0 Å². The van der Waals surface area contributed by atoms with Crippen LogP contribution in [0.1, 0.15) is 11.1 Å². The van der Waals surface area contributed by atoms with Gasteiger partial charge in [0, 0.05) is 5.69 Å². The maximum atomic E-state index is 11.8. The summed E-state index contributed by atoms with van der Waals surface area (Å²) in [6, 6.07) is 11.1. The molecule has 0 bridgehead atoms. The number of carbonyl (C=O) groups excluding carboxylic acids is 1. The number of rotatable bonds is 6. The predicted octanol–water partition coefficient (Wildman–Crippen LogP) is 2.88. The second kappa shape index (κ2) is 8.53. The predicted molar refractivity (Wildman–Crippen MR) is 103 cm³/mol. The van der Waals surface area contributed by atoms with Crippen molar-refractivity contribution >= 4 is 40.4 Å². The third kappa shape index (κ3) is 4.85. The molecule has 0 atom stereocenters. The zero-order valence-electron chi connectivity index (χ0n) is 13.3. The van der Waals surface area contributed by atoms with E-state index in [1.54, 1.807) is 12.1 Å². The highest BCUT2D eigenvalue weighted by Crippen LogP contribution is 2.31. The number of hydrazone groups is 1. The molecule has 0 aliphatic heterocycles. The fraction of sp³-hybridized carbons (Fsp3) is 0.176. The van der Waals surface area contributed by atoms with E-state index >= 15 is 0 Å². The Labute approximate surface area is 154 Å². The largest absolute Gasteiger partial charge is 0.504 e. The number of carbonyl (C=O) groups is 1. The van der Waals surface area contributed by atoms with Crippen LogP contribution in [0, 0.1) is 10.5 Å². The van der Waals surface area contributed by atoms with Crippen molar-refractivity contribution < 1.29 is 14.6 Å². The van der Waals surface area contributed by atoms with E-state index in [2.05, 4.69) is 15.8 Å². The highest BCUT2D eigenvalue weighted by Gasteiger charge is 2.07. The molecule has 0 aliphatic rings. The molecule has 2 aromatic rings. The lowest BCUT2D eigenvalue weighted by Crippen LogP contribution is -2.26. The summed E-state index contributed by atoms with van der Waals surface area (Å²) in [5.41, 5.74) is 5.14. The van der Waals surface area contributed by atoms with Gasteiger partial charge in [-0.2, -0.15) is 5.10 Å². The minimum Gasteiger partial charge on any atom is -0.504 e. The Morgan fingerprint density at radius 3 is 2.83 bits per heavy atom. The molecule has 0 saturated carbocycles. The molecule has 1 amide bonds. The molecule has 0 unspecified atom stereocenters. The monoisotopic (exact) mass is 439 g/mol. The van der Waals surface area contributed by atoms with E-state index in [0.29, 0.717) is 14.9 Å². The molecule has 0 aromatic heterocycles. The van der Waals surface area contributed by atoms with Crippen LogP contribution < -0.4 is 15.5 Å². The second-order valence-corrected chi connectivity index (χ2v) is 6.18. The van der Waals surface area contributed by atoms with Crippen molar-refractivity contribution in [2.45, 2.75) is 6.92 Å². The van der Waals surface area contributed by atoms with E-state index in [4.69, 9.17) is 4.74 Å². The van der Waals surface area contributed by atoms with E-state index in [-0.39, 0.29) is 18.2 Å². The molecule has 2 aromatic carbocycles. The maximum Gasteiger partial charge on any atom is 0.259 e. The topological polar surface area (TPSA) is 83.0 Å². The SMILES string of the molecule is COc1cc(/C=N/NC(=O)CNc2ccccc2C)cc(I)c1O. The van der Waals surface area contributed by atoms with Crippen LogP contribution in [-0.2, 0) is 4.79 Å². The summed E-state index contributed by atoms with van der Waals surface area (Å²) in [5, 5.41) is 16.8. The fourth-order valence-electron chi connectivity index (χ4n) is 1.99. The number of phenols is 1. The highest BCUT2D eigenvalue weighted by atomic mass is 127. The van der Waals surface area contributed by atoms with Gasteiger partial charge in [0.05, 0.1) is 23.4 Å². The summed E-state index contributed by atoms with van der Waals surface area (Å²) in [6.07, 6.45) is 1.50. The zero-order valence-corrected chi connectivity index (χ0v) is 15.5. The number of methoxy groups -OCH3 is 1. The van der Waals surface area contributed by atoms with Crippen LogP contribution in [0.4, 0.5) is 5.69 Å². The van der Waals surface area contributed by atoms with Gasteiger partial charge in [-0.25, -0.2) is 5.43 Å². The average molecular weight is 439 g/mol. The first-order valence-corrected chi connectivity index (χ1v) is 8.27. The van der Waals surface area contributed by atoms with Gasteiger partial charge in [0.2, 0.25) is 0 Å². The van der Waals surface area contributed by atoms with Crippen LogP contribution in [0.3, 0.4) is 0 Å². The first-order chi connectivity index (χ1) is 11.5. The van der Waals surface area contributed by atoms with E-state index < -0.39 is 0 Å². The number of aromatic hydroxyl groups is 1. The van der Waals surface area contributed by atoms with Gasteiger partial charge in [0.1, 0.15) is 0 Å². The van der Waals surface area contributed by atoms with Crippen molar-refractivity contribution in [3.63, 3.8) is 0 Å². The van der Waals surface area contributed by atoms with Gasteiger partial charge < -0.3 is 15.2 Å². The lowest BCUT2D eigenvalue weighted by Gasteiger charge is -2.08. The first-order valence-electron chi connectivity index (χ1n) is 7.19. The normalized spacial score (nSPS) is 10.6. The highest BCUT2D eigenvalue weighted by molar-refractivity contribution is 14.1. The number of phenolic OH excluding ortho intramolecular Hbond substituents is 1. The number of benzene rings is 2. The molecule has 126 valence electrons. The number of hydrogen-bond donors (Lipinski definition) is 3. The Kier molecular flexibility index (Phi) is 6.42. The van der Waals surface area contributed by atoms with Crippen LogP contribution >= 0.6 is 22.6 Å². The molecular formula is C17H18IN3O3. The Morgan fingerprint density at radius 1 is 1.38 bits per heavy atom. The summed E-state index contributed by atoms with van der Waals surface area (Å²) in [7, 11) is 1.48. The Balaban J connectivity index is 1.91. The van der Waals surface area contributed by atoms with Crippen LogP contribution in [0.5, 0.6) is 11.5 Å². The molecule has 7 heteroatoms. The number of nitrogens with zero attached hydrogens (tertiary/aromatic N) is 1. The number of hydrogen-bond acceptors (Lipinski definition) is 5. The molecule has 3 N–H and O–H groups in total. The first kappa shape index (κ1) is 18.1. The smallest absolute Gasteiger partial charge is 0.259 e. The van der Waals surface area contributed by atoms with Gasteiger partial charge in [-0.3, -0.25) is 4.79 Å². The zero-order chi connectivity index (χ0) is 17.5. The van der Waals surface area contributed by atoms with Gasteiger partial charge in [0.25, 0.3) is 5.91 Å². The summed E-state index contributed by atoms with van der Waals surface area (Å²) in [5.74, 6) is 0.188. The number of anilines is 1. The van der Waals surface area contributed by atoms with Crippen LogP contribution in [-0.4, -0.2) is 30.9 Å². The summed E-state index contributed by atoms with van der Waals surface area (Å²) >= 11 is 2.00. The second-order valence-electron chi connectivity index (χ2n) is 5.02. The third-order valence-corrected chi connectivity index (χ3v) is 4.08. The number of aryl methyl sites for hydroxylation is 1. The van der Waals surface area contributed by atoms with Crippen LogP contribution in [0.25, 0.3) is 0 Å². The molecule has 0 fully saturated rings.